The van der Waals surface area contributed by atoms with E-state index < -0.39 is 6.10 Å². The number of pyridine rings is 1. The number of hydrogen-bond donors (Lipinski definition) is 1. The van der Waals surface area contributed by atoms with Gasteiger partial charge < -0.3 is 14.7 Å². The van der Waals surface area contributed by atoms with Crippen LogP contribution in [0.3, 0.4) is 0 Å². The van der Waals surface area contributed by atoms with E-state index in [4.69, 9.17) is 4.74 Å². The van der Waals surface area contributed by atoms with Crippen LogP contribution >= 0.6 is 0 Å². The van der Waals surface area contributed by atoms with E-state index in [1.165, 1.54) is 0 Å². The van der Waals surface area contributed by atoms with Crippen molar-refractivity contribution in [2.24, 2.45) is 0 Å². The molecule has 20 heavy (non-hydrogen) atoms. The van der Waals surface area contributed by atoms with E-state index >= 15 is 0 Å². The summed E-state index contributed by atoms with van der Waals surface area (Å²) in [6.07, 6.45) is 2.90. The van der Waals surface area contributed by atoms with E-state index in [1.54, 1.807) is 17.3 Å². The normalized spacial score (nSPS) is 19.9. The standard InChI is InChI=1S/C14H21N3O3/c1-16(8-12-2-4-15-5-3-12)10-14(19)17-6-7-20-11-13(18)9-17/h2-5,13,18H,6-11H2,1H3. The zero-order valence-electron chi connectivity index (χ0n) is 11.7. The van der Waals surface area contributed by atoms with Crippen LogP contribution in [0.25, 0.3) is 0 Å². The number of β-amino-alcohol motifs (C(OH)–C–C–N with tert-alkyl or cyclic N) is 1. The molecule has 0 radical (unpaired) electrons. The van der Waals surface area contributed by atoms with Gasteiger partial charge in [0.25, 0.3) is 0 Å². The van der Waals surface area contributed by atoms with Crippen molar-refractivity contribution in [1.29, 1.82) is 0 Å². The molecule has 1 amide bonds. The average molecular weight is 279 g/mol. The van der Waals surface area contributed by atoms with Gasteiger partial charge in [-0.1, -0.05) is 0 Å². The maximum absolute atomic E-state index is 12.2. The SMILES string of the molecule is CN(CC(=O)N1CCOCC(O)C1)Cc1ccncc1. The summed E-state index contributed by atoms with van der Waals surface area (Å²) in [4.78, 5) is 19.8. The van der Waals surface area contributed by atoms with E-state index in [-0.39, 0.29) is 5.91 Å². The van der Waals surface area contributed by atoms with Gasteiger partial charge in [-0.15, -0.1) is 0 Å². The van der Waals surface area contributed by atoms with Gasteiger partial charge >= 0.3 is 0 Å². The zero-order valence-corrected chi connectivity index (χ0v) is 11.7. The summed E-state index contributed by atoms with van der Waals surface area (Å²) in [5, 5.41) is 9.64. The number of amides is 1. The van der Waals surface area contributed by atoms with Crippen LogP contribution in [-0.4, -0.2) is 71.8 Å². The Balaban J connectivity index is 1.83. The van der Waals surface area contributed by atoms with Crippen LogP contribution in [0.5, 0.6) is 0 Å². The van der Waals surface area contributed by atoms with Gasteiger partial charge in [0.2, 0.25) is 5.91 Å². The zero-order chi connectivity index (χ0) is 14.4. The first kappa shape index (κ1) is 14.9. The highest BCUT2D eigenvalue weighted by Gasteiger charge is 2.21. The average Bonchev–Trinajstić information content (AvgIpc) is 2.64. The Kier molecular flexibility index (Phi) is 5.46. The second kappa shape index (κ2) is 7.33. The fourth-order valence-corrected chi connectivity index (χ4v) is 2.21. The van der Waals surface area contributed by atoms with Gasteiger partial charge in [0, 0.05) is 32.0 Å². The summed E-state index contributed by atoms with van der Waals surface area (Å²) in [5.74, 6) is 0.0195. The summed E-state index contributed by atoms with van der Waals surface area (Å²) < 4.78 is 5.22. The minimum atomic E-state index is -0.591. The topological polar surface area (TPSA) is 65.9 Å². The fourth-order valence-electron chi connectivity index (χ4n) is 2.21. The second-order valence-corrected chi connectivity index (χ2v) is 5.10. The summed E-state index contributed by atoms with van der Waals surface area (Å²) in [6.45, 7) is 2.70. The first-order chi connectivity index (χ1) is 9.65. The van der Waals surface area contributed by atoms with E-state index in [0.29, 0.717) is 39.4 Å². The van der Waals surface area contributed by atoms with Crippen molar-refractivity contribution in [3.8, 4) is 0 Å². The van der Waals surface area contributed by atoms with Crippen LogP contribution in [0.1, 0.15) is 5.56 Å². The van der Waals surface area contributed by atoms with E-state index in [2.05, 4.69) is 4.98 Å². The molecule has 0 aliphatic carbocycles. The lowest BCUT2D eigenvalue weighted by Crippen LogP contribution is -2.42. The maximum atomic E-state index is 12.2. The molecule has 0 aromatic carbocycles. The molecule has 2 rings (SSSR count). The summed E-state index contributed by atoms with van der Waals surface area (Å²) >= 11 is 0. The molecule has 1 atom stereocenters. The highest BCUT2D eigenvalue weighted by atomic mass is 16.5. The van der Waals surface area contributed by atoms with Crippen LogP contribution in [0.4, 0.5) is 0 Å². The van der Waals surface area contributed by atoms with Crippen molar-refractivity contribution in [2.75, 3.05) is 39.9 Å². The smallest absolute Gasteiger partial charge is 0.236 e. The molecular weight excluding hydrogens is 258 g/mol. The monoisotopic (exact) mass is 279 g/mol. The lowest BCUT2D eigenvalue weighted by molar-refractivity contribution is -0.133. The van der Waals surface area contributed by atoms with E-state index in [0.717, 1.165) is 5.56 Å². The third kappa shape index (κ3) is 4.56. The van der Waals surface area contributed by atoms with Gasteiger partial charge in [-0.3, -0.25) is 14.7 Å². The van der Waals surface area contributed by atoms with Crippen LogP contribution in [0.2, 0.25) is 0 Å². The number of carbonyl (C=O) groups excluding carboxylic acids is 1. The van der Waals surface area contributed by atoms with Gasteiger partial charge in [0.05, 0.1) is 25.9 Å². The molecule has 1 aromatic rings. The molecule has 0 bridgehead atoms. The number of ether oxygens (including phenoxy) is 1. The number of aliphatic hydroxyl groups is 1. The van der Waals surface area contributed by atoms with Crippen LogP contribution in [-0.2, 0) is 16.1 Å². The molecule has 0 saturated carbocycles. The van der Waals surface area contributed by atoms with Crippen molar-refractivity contribution < 1.29 is 14.6 Å². The first-order valence-corrected chi connectivity index (χ1v) is 6.76. The Hall–Kier alpha value is -1.50. The van der Waals surface area contributed by atoms with E-state index in [9.17, 15) is 9.90 Å². The molecular formula is C14H21N3O3. The highest BCUT2D eigenvalue weighted by Crippen LogP contribution is 2.04. The van der Waals surface area contributed by atoms with Crippen molar-refractivity contribution in [2.45, 2.75) is 12.6 Å². The van der Waals surface area contributed by atoms with Crippen molar-refractivity contribution in [1.82, 2.24) is 14.8 Å². The quantitative estimate of drug-likeness (QED) is 0.822. The lowest BCUT2D eigenvalue weighted by Gasteiger charge is -2.24. The first-order valence-electron chi connectivity index (χ1n) is 6.76. The Morgan fingerprint density at radius 1 is 1.55 bits per heavy atom. The molecule has 0 spiro atoms. The summed E-state index contributed by atoms with van der Waals surface area (Å²) in [6, 6.07) is 3.87. The molecule has 1 fully saturated rings. The fraction of sp³-hybridized carbons (Fsp3) is 0.571. The molecule has 110 valence electrons. The Morgan fingerprint density at radius 2 is 2.30 bits per heavy atom. The number of nitrogens with zero attached hydrogens (tertiary/aromatic N) is 3. The molecule has 1 saturated heterocycles. The van der Waals surface area contributed by atoms with Crippen molar-refractivity contribution >= 4 is 5.91 Å². The number of carbonyl (C=O) groups is 1. The molecule has 1 unspecified atom stereocenters. The Bertz CT molecular complexity index is 427. The highest BCUT2D eigenvalue weighted by molar-refractivity contribution is 5.78. The molecule has 6 heteroatoms. The number of aromatic nitrogens is 1. The van der Waals surface area contributed by atoms with Gasteiger partial charge in [-0.25, -0.2) is 0 Å². The second-order valence-electron chi connectivity index (χ2n) is 5.10. The minimum Gasteiger partial charge on any atom is -0.389 e. The largest absolute Gasteiger partial charge is 0.389 e. The van der Waals surface area contributed by atoms with E-state index in [1.807, 2.05) is 24.1 Å². The third-order valence-electron chi connectivity index (χ3n) is 3.21. The molecule has 6 nitrogen and oxygen atoms in total. The Morgan fingerprint density at radius 3 is 3.05 bits per heavy atom. The number of rotatable bonds is 4. The minimum absolute atomic E-state index is 0.0195. The number of hydrogen-bond acceptors (Lipinski definition) is 5. The predicted octanol–water partition coefficient (Wildman–Crippen LogP) is -0.267. The van der Waals surface area contributed by atoms with Crippen LogP contribution in [0, 0.1) is 0 Å². The Labute approximate surface area is 119 Å². The molecule has 1 aromatic heterocycles. The van der Waals surface area contributed by atoms with Crippen molar-refractivity contribution in [3.63, 3.8) is 0 Å². The molecule has 1 N–H and O–H groups in total. The summed E-state index contributed by atoms with van der Waals surface area (Å²) in [7, 11) is 1.91. The molecule has 2 heterocycles. The maximum Gasteiger partial charge on any atom is 0.236 e. The van der Waals surface area contributed by atoms with Crippen LogP contribution in [0.15, 0.2) is 24.5 Å². The molecule has 1 aliphatic rings. The van der Waals surface area contributed by atoms with Gasteiger partial charge in [-0.05, 0) is 24.7 Å². The lowest BCUT2D eigenvalue weighted by atomic mass is 10.2. The number of likely N-dealkylation sites (N-methyl/N-ethyl adjacent to an activating group) is 1. The van der Waals surface area contributed by atoms with Gasteiger partial charge in [-0.2, -0.15) is 0 Å². The van der Waals surface area contributed by atoms with Crippen LogP contribution < -0.4 is 0 Å². The predicted molar refractivity (Wildman–Crippen MR) is 74.0 cm³/mol. The third-order valence-corrected chi connectivity index (χ3v) is 3.21. The van der Waals surface area contributed by atoms with Gasteiger partial charge in [0.1, 0.15) is 0 Å². The molecule has 1 aliphatic heterocycles. The van der Waals surface area contributed by atoms with Gasteiger partial charge in [0.15, 0.2) is 0 Å². The summed E-state index contributed by atoms with van der Waals surface area (Å²) in [5.41, 5.74) is 1.12. The van der Waals surface area contributed by atoms with Crippen molar-refractivity contribution in [3.05, 3.63) is 30.1 Å². The number of aliphatic hydroxyl groups excluding tert-OH is 1.